The molecule has 230 valence electrons. The molecule has 1 atom stereocenters. The van der Waals surface area contributed by atoms with Crippen LogP contribution in [0.25, 0.3) is 33.5 Å². The summed E-state index contributed by atoms with van der Waals surface area (Å²) in [5.74, 6) is 0.647. The lowest BCUT2D eigenvalue weighted by molar-refractivity contribution is -0.132. The van der Waals surface area contributed by atoms with Crippen molar-refractivity contribution in [2.24, 2.45) is 5.92 Å². The van der Waals surface area contributed by atoms with Gasteiger partial charge in [-0.3, -0.25) is 24.6 Å². The van der Waals surface area contributed by atoms with Crippen molar-refractivity contribution in [2.75, 3.05) is 56.0 Å². The molecule has 2 aliphatic rings. The first-order valence-corrected chi connectivity index (χ1v) is 14.9. The summed E-state index contributed by atoms with van der Waals surface area (Å²) in [5.41, 5.74) is 5.52. The minimum Gasteiger partial charge on any atom is -0.368 e. The third-order valence-electron chi connectivity index (χ3n) is 8.47. The summed E-state index contributed by atoms with van der Waals surface area (Å²) in [6.45, 7) is 4.56. The van der Waals surface area contributed by atoms with E-state index >= 15 is 0 Å². The van der Waals surface area contributed by atoms with E-state index in [9.17, 15) is 9.59 Å². The second-order valence-corrected chi connectivity index (χ2v) is 11.3. The first-order valence-electron chi connectivity index (χ1n) is 14.9. The van der Waals surface area contributed by atoms with Crippen LogP contribution in [0.5, 0.6) is 0 Å². The number of hydrogen-bond donors (Lipinski definition) is 2. The number of nitrogens with one attached hydrogen (secondary N) is 2. The fourth-order valence-corrected chi connectivity index (χ4v) is 6.03. The number of likely N-dealkylation sites (tertiary alicyclic amines) is 1. The zero-order valence-corrected chi connectivity index (χ0v) is 25.5. The normalized spacial score (nSPS) is 16.8. The molecule has 0 aliphatic carbocycles. The van der Waals surface area contributed by atoms with Gasteiger partial charge in [0, 0.05) is 85.4 Å². The predicted octanol–water partition coefficient (Wildman–Crippen LogP) is 4.11. The van der Waals surface area contributed by atoms with Crippen molar-refractivity contribution >= 4 is 46.5 Å². The predicted molar refractivity (Wildman–Crippen MR) is 176 cm³/mol. The lowest BCUT2D eigenvalue weighted by Crippen LogP contribution is -2.51. The number of carbonyl (C=O) groups excluding carboxylic acids is 2. The fourth-order valence-electron chi connectivity index (χ4n) is 6.03. The van der Waals surface area contributed by atoms with Gasteiger partial charge in [0.25, 0.3) is 0 Å². The molecule has 45 heavy (non-hydrogen) atoms. The Bertz CT molecular complexity index is 1760. The summed E-state index contributed by atoms with van der Waals surface area (Å²) in [6, 6.07) is 19.7. The monoisotopic (exact) mass is 623 g/mol. The number of benzene rings is 2. The van der Waals surface area contributed by atoms with Crippen molar-refractivity contribution in [1.29, 1.82) is 0 Å². The van der Waals surface area contributed by atoms with Gasteiger partial charge in [0.1, 0.15) is 5.69 Å². The largest absolute Gasteiger partial charge is 0.368 e. The number of aromatic nitrogens is 5. The van der Waals surface area contributed by atoms with Crippen molar-refractivity contribution in [2.45, 2.75) is 6.42 Å². The number of anilines is 2. The molecule has 0 spiro atoms. The maximum absolute atomic E-state index is 13.2. The van der Waals surface area contributed by atoms with Crippen molar-refractivity contribution in [3.8, 4) is 22.6 Å². The van der Waals surface area contributed by atoms with E-state index in [-0.39, 0.29) is 30.1 Å². The molecule has 5 heterocycles. The van der Waals surface area contributed by atoms with Crippen LogP contribution in [0.15, 0.2) is 85.5 Å². The van der Waals surface area contributed by atoms with Gasteiger partial charge in [-0.2, -0.15) is 5.10 Å². The molecular formula is C33H34ClN9O2. The third kappa shape index (κ3) is 6.64. The molecule has 12 heteroatoms. The topological polar surface area (TPSA) is 123 Å². The second kappa shape index (κ2) is 13.4. The SMILES string of the molecule is Cl.O=C(Nc1ccc2[nH]nc(-c3ccncc3)c2c1)[C@H]1CCN(CC(=O)N2CCN(c3ccc(-c4ncccn4)cc3)CC2)C1. The van der Waals surface area contributed by atoms with Crippen LogP contribution >= 0.6 is 12.4 Å². The van der Waals surface area contributed by atoms with Crippen LogP contribution < -0.4 is 10.2 Å². The molecule has 2 saturated heterocycles. The molecule has 0 bridgehead atoms. The van der Waals surface area contributed by atoms with E-state index in [1.54, 1.807) is 24.8 Å². The van der Waals surface area contributed by atoms with Crippen molar-refractivity contribution in [3.63, 3.8) is 0 Å². The summed E-state index contributed by atoms with van der Waals surface area (Å²) in [7, 11) is 0. The third-order valence-corrected chi connectivity index (χ3v) is 8.47. The number of pyridine rings is 1. The highest BCUT2D eigenvalue weighted by molar-refractivity contribution is 5.99. The van der Waals surface area contributed by atoms with E-state index in [1.165, 1.54) is 0 Å². The minimum atomic E-state index is -0.163. The number of amides is 2. The maximum atomic E-state index is 13.2. The Labute approximate surface area is 267 Å². The van der Waals surface area contributed by atoms with Crippen LogP contribution in [-0.2, 0) is 9.59 Å². The standard InChI is InChI=1S/C33H33N9O2.ClH/c43-30(42-18-16-41(17-19-42)27-5-2-24(3-6-27)32-35-11-1-12-36-32)22-40-15-10-25(21-40)33(44)37-26-4-7-29-28(20-26)31(39-38-29)23-8-13-34-14-9-23;/h1-9,11-14,20,25H,10,15-19,21-22H2,(H,37,44)(H,38,39);1H/t25-;/m0./s1. The quantitative estimate of drug-likeness (QED) is 0.278. The van der Waals surface area contributed by atoms with Crippen LogP contribution in [0, 0.1) is 5.92 Å². The van der Waals surface area contributed by atoms with Gasteiger partial charge in [0.15, 0.2) is 5.82 Å². The average molecular weight is 624 g/mol. The summed E-state index contributed by atoms with van der Waals surface area (Å²) >= 11 is 0. The lowest BCUT2D eigenvalue weighted by Gasteiger charge is -2.36. The van der Waals surface area contributed by atoms with Gasteiger partial charge in [0.05, 0.1) is 18.0 Å². The van der Waals surface area contributed by atoms with Gasteiger partial charge in [-0.1, -0.05) is 0 Å². The van der Waals surface area contributed by atoms with Gasteiger partial charge in [-0.15, -0.1) is 12.4 Å². The number of carbonyl (C=O) groups is 2. The Kier molecular flexibility index (Phi) is 8.99. The molecule has 11 nitrogen and oxygen atoms in total. The number of nitrogens with zero attached hydrogens (tertiary/aromatic N) is 7. The molecule has 7 rings (SSSR count). The highest BCUT2D eigenvalue weighted by atomic mass is 35.5. The van der Waals surface area contributed by atoms with Gasteiger partial charge >= 0.3 is 0 Å². The fraction of sp³-hybridized carbons (Fsp3) is 0.273. The van der Waals surface area contributed by atoms with Crippen LogP contribution in [0.2, 0.25) is 0 Å². The van der Waals surface area contributed by atoms with E-state index in [0.717, 1.165) is 65.2 Å². The summed E-state index contributed by atoms with van der Waals surface area (Å²) in [5, 5.41) is 11.5. The summed E-state index contributed by atoms with van der Waals surface area (Å²) < 4.78 is 0. The number of hydrogen-bond acceptors (Lipinski definition) is 8. The Hall–Kier alpha value is -4.87. The number of piperazine rings is 1. The number of fused-ring (bicyclic) bond motifs is 1. The Morgan fingerprint density at radius 1 is 0.867 bits per heavy atom. The molecule has 2 N–H and O–H groups in total. The molecule has 0 radical (unpaired) electrons. The smallest absolute Gasteiger partial charge is 0.236 e. The van der Waals surface area contributed by atoms with Crippen molar-refractivity contribution < 1.29 is 9.59 Å². The first kappa shape index (κ1) is 30.2. The van der Waals surface area contributed by atoms with Crippen LogP contribution in [-0.4, -0.2) is 92.6 Å². The summed E-state index contributed by atoms with van der Waals surface area (Å²) in [4.78, 5) is 45.4. The van der Waals surface area contributed by atoms with Gasteiger partial charge in [-0.05, 0) is 73.6 Å². The molecule has 0 unspecified atom stereocenters. The Morgan fingerprint density at radius 3 is 2.38 bits per heavy atom. The van der Waals surface area contributed by atoms with E-state index in [4.69, 9.17) is 0 Å². The average Bonchev–Trinajstić information content (AvgIpc) is 3.73. The molecule has 0 saturated carbocycles. The maximum Gasteiger partial charge on any atom is 0.236 e. The second-order valence-electron chi connectivity index (χ2n) is 11.3. The summed E-state index contributed by atoms with van der Waals surface area (Å²) in [6.07, 6.45) is 7.69. The molecule has 3 aromatic heterocycles. The number of halogens is 1. The van der Waals surface area contributed by atoms with E-state index in [2.05, 4.69) is 52.4 Å². The molecule has 2 aromatic carbocycles. The minimum absolute atomic E-state index is 0. The van der Waals surface area contributed by atoms with Crippen LogP contribution in [0.4, 0.5) is 11.4 Å². The number of aromatic amines is 1. The molecule has 2 aliphatic heterocycles. The zero-order valence-electron chi connectivity index (χ0n) is 24.7. The van der Waals surface area contributed by atoms with Crippen LogP contribution in [0.3, 0.4) is 0 Å². The number of rotatable bonds is 7. The van der Waals surface area contributed by atoms with Gasteiger partial charge < -0.3 is 15.1 Å². The van der Waals surface area contributed by atoms with E-state index in [1.807, 2.05) is 53.4 Å². The zero-order chi connectivity index (χ0) is 29.9. The van der Waals surface area contributed by atoms with Crippen molar-refractivity contribution in [3.05, 3.63) is 85.5 Å². The van der Waals surface area contributed by atoms with Crippen LogP contribution in [0.1, 0.15) is 6.42 Å². The molecular weight excluding hydrogens is 590 g/mol. The van der Waals surface area contributed by atoms with Gasteiger partial charge in [0.2, 0.25) is 11.8 Å². The van der Waals surface area contributed by atoms with E-state index < -0.39 is 0 Å². The lowest BCUT2D eigenvalue weighted by atomic mass is 10.1. The highest BCUT2D eigenvalue weighted by Crippen LogP contribution is 2.29. The Morgan fingerprint density at radius 2 is 1.62 bits per heavy atom. The molecule has 2 amide bonds. The van der Waals surface area contributed by atoms with E-state index in [0.29, 0.717) is 32.0 Å². The number of H-pyrrole nitrogens is 1. The molecule has 5 aromatic rings. The highest BCUT2D eigenvalue weighted by Gasteiger charge is 2.31. The first-order chi connectivity index (χ1) is 21.6. The molecule has 2 fully saturated rings. The van der Waals surface area contributed by atoms with Gasteiger partial charge in [-0.25, -0.2) is 9.97 Å². The Balaban J connectivity index is 0.00000357. The van der Waals surface area contributed by atoms with Crippen molar-refractivity contribution in [1.82, 2.24) is 34.9 Å².